The summed E-state index contributed by atoms with van der Waals surface area (Å²) in [7, 11) is 3.40. The molecule has 3 aromatic rings. The molecule has 0 spiro atoms. The first-order valence-corrected chi connectivity index (χ1v) is 11.4. The quantitative estimate of drug-likeness (QED) is 0.297. The maximum atomic E-state index is 13.6. The van der Waals surface area contributed by atoms with Gasteiger partial charge in [0, 0.05) is 37.8 Å². The second-order valence-corrected chi connectivity index (χ2v) is 8.79. The van der Waals surface area contributed by atoms with Crippen molar-refractivity contribution in [1.29, 1.82) is 0 Å². The number of anilines is 1. The SMILES string of the molecule is CC1CN(C(=O)c2ccccc2C(=O)c2ccc(N(C)C)c([N+](=O)[O-])c2)CC(c2ccccc2)O1. The lowest BCUT2D eigenvalue weighted by Crippen LogP contribution is -2.46. The van der Waals surface area contributed by atoms with Crippen LogP contribution in [0.5, 0.6) is 0 Å². The number of nitro groups is 1. The number of carbonyl (C=O) groups is 2. The fourth-order valence-electron chi connectivity index (χ4n) is 4.35. The predicted octanol–water partition coefficient (Wildman–Crippen LogP) is 4.49. The first kappa shape index (κ1) is 24.1. The number of ketones is 1. The molecule has 35 heavy (non-hydrogen) atoms. The molecule has 1 fully saturated rings. The molecule has 1 aliphatic heterocycles. The van der Waals surface area contributed by atoms with E-state index in [1.54, 1.807) is 60.3 Å². The number of nitrogens with zero attached hydrogens (tertiary/aromatic N) is 3. The maximum absolute atomic E-state index is 13.6. The number of amides is 1. The topological polar surface area (TPSA) is 93.0 Å². The maximum Gasteiger partial charge on any atom is 0.293 e. The van der Waals surface area contributed by atoms with Crippen LogP contribution in [0.1, 0.15) is 44.9 Å². The Kier molecular flexibility index (Phi) is 6.93. The third kappa shape index (κ3) is 5.07. The van der Waals surface area contributed by atoms with Gasteiger partial charge < -0.3 is 14.5 Å². The zero-order valence-electron chi connectivity index (χ0n) is 19.9. The van der Waals surface area contributed by atoms with Crippen molar-refractivity contribution in [3.8, 4) is 0 Å². The van der Waals surface area contributed by atoms with Crippen LogP contribution >= 0.6 is 0 Å². The lowest BCUT2D eigenvalue weighted by atomic mass is 9.96. The van der Waals surface area contributed by atoms with E-state index in [2.05, 4.69) is 0 Å². The summed E-state index contributed by atoms with van der Waals surface area (Å²) < 4.78 is 6.07. The van der Waals surface area contributed by atoms with E-state index >= 15 is 0 Å². The van der Waals surface area contributed by atoms with Crippen molar-refractivity contribution in [2.75, 3.05) is 32.1 Å². The Labute approximate surface area is 203 Å². The van der Waals surface area contributed by atoms with Gasteiger partial charge in [-0.15, -0.1) is 0 Å². The van der Waals surface area contributed by atoms with Gasteiger partial charge in [0.25, 0.3) is 11.6 Å². The first-order chi connectivity index (χ1) is 16.8. The van der Waals surface area contributed by atoms with Gasteiger partial charge in [-0.25, -0.2) is 0 Å². The molecule has 2 atom stereocenters. The number of benzene rings is 3. The van der Waals surface area contributed by atoms with E-state index in [1.807, 2.05) is 37.3 Å². The van der Waals surface area contributed by atoms with E-state index in [9.17, 15) is 19.7 Å². The number of hydrogen-bond donors (Lipinski definition) is 0. The van der Waals surface area contributed by atoms with Crippen molar-refractivity contribution in [2.24, 2.45) is 0 Å². The van der Waals surface area contributed by atoms with E-state index in [1.165, 1.54) is 6.07 Å². The Morgan fingerprint density at radius 1 is 0.971 bits per heavy atom. The van der Waals surface area contributed by atoms with E-state index < -0.39 is 10.7 Å². The summed E-state index contributed by atoms with van der Waals surface area (Å²) in [5.74, 6) is -0.715. The van der Waals surface area contributed by atoms with Crippen LogP contribution in [0, 0.1) is 10.1 Å². The van der Waals surface area contributed by atoms with Gasteiger partial charge in [-0.1, -0.05) is 48.5 Å². The Balaban J connectivity index is 1.65. The molecule has 0 N–H and O–H groups in total. The highest BCUT2D eigenvalue weighted by molar-refractivity contribution is 6.15. The molecular weight excluding hydrogens is 446 g/mol. The fourth-order valence-corrected chi connectivity index (χ4v) is 4.35. The van der Waals surface area contributed by atoms with Gasteiger partial charge in [0.2, 0.25) is 0 Å². The largest absolute Gasteiger partial charge is 0.372 e. The van der Waals surface area contributed by atoms with Crippen molar-refractivity contribution in [3.05, 3.63) is 105 Å². The van der Waals surface area contributed by atoms with Crippen LogP contribution in [-0.4, -0.2) is 54.8 Å². The van der Waals surface area contributed by atoms with Gasteiger partial charge in [0.1, 0.15) is 11.8 Å². The van der Waals surface area contributed by atoms with Crippen molar-refractivity contribution in [2.45, 2.75) is 19.1 Å². The van der Waals surface area contributed by atoms with Crippen LogP contribution in [0.25, 0.3) is 0 Å². The molecule has 0 saturated carbocycles. The van der Waals surface area contributed by atoms with Crippen molar-refractivity contribution < 1.29 is 19.2 Å². The smallest absolute Gasteiger partial charge is 0.293 e. The zero-order chi connectivity index (χ0) is 25.1. The highest BCUT2D eigenvalue weighted by Crippen LogP contribution is 2.30. The molecule has 1 heterocycles. The molecule has 2 unspecified atom stereocenters. The number of nitro benzene ring substituents is 1. The van der Waals surface area contributed by atoms with Crippen LogP contribution < -0.4 is 4.90 Å². The summed E-state index contributed by atoms with van der Waals surface area (Å²) in [6, 6.07) is 20.7. The van der Waals surface area contributed by atoms with Crippen molar-refractivity contribution in [3.63, 3.8) is 0 Å². The highest BCUT2D eigenvalue weighted by Gasteiger charge is 2.32. The summed E-state index contributed by atoms with van der Waals surface area (Å²) in [6.45, 7) is 2.67. The lowest BCUT2D eigenvalue weighted by Gasteiger charge is -2.37. The lowest BCUT2D eigenvalue weighted by molar-refractivity contribution is -0.384. The average molecular weight is 474 g/mol. The van der Waals surface area contributed by atoms with E-state index in [-0.39, 0.29) is 40.5 Å². The van der Waals surface area contributed by atoms with Crippen LogP contribution in [0.2, 0.25) is 0 Å². The van der Waals surface area contributed by atoms with Crippen molar-refractivity contribution in [1.82, 2.24) is 4.90 Å². The molecule has 1 amide bonds. The van der Waals surface area contributed by atoms with Crippen LogP contribution in [0.3, 0.4) is 0 Å². The molecule has 4 rings (SSSR count). The van der Waals surface area contributed by atoms with Gasteiger partial charge in [0.15, 0.2) is 5.78 Å². The second-order valence-electron chi connectivity index (χ2n) is 8.79. The van der Waals surface area contributed by atoms with Crippen molar-refractivity contribution >= 4 is 23.1 Å². The van der Waals surface area contributed by atoms with Crippen LogP contribution in [0.15, 0.2) is 72.8 Å². The number of carbonyl (C=O) groups excluding carboxylic acids is 2. The van der Waals surface area contributed by atoms with E-state index in [0.717, 1.165) is 5.56 Å². The van der Waals surface area contributed by atoms with E-state index in [4.69, 9.17) is 4.74 Å². The minimum atomic E-state index is -0.512. The molecule has 180 valence electrons. The number of hydrogen-bond acceptors (Lipinski definition) is 6. The Bertz CT molecular complexity index is 1260. The second kappa shape index (κ2) is 10.1. The highest BCUT2D eigenvalue weighted by atomic mass is 16.6. The van der Waals surface area contributed by atoms with Crippen LogP contribution in [-0.2, 0) is 4.74 Å². The molecule has 0 aromatic heterocycles. The molecule has 1 saturated heterocycles. The third-order valence-electron chi connectivity index (χ3n) is 6.04. The molecule has 8 nitrogen and oxygen atoms in total. The number of ether oxygens (including phenoxy) is 1. The third-order valence-corrected chi connectivity index (χ3v) is 6.04. The molecular formula is C27H27N3O5. The van der Waals surface area contributed by atoms with Gasteiger partial charge in [-0.3, -0.25) is 19.7 Å². The van der Waals surface area contributed by atoms with Crippen LogP contribution in [0.4, 0.5) is 11.4 Å². The number of rotatable bonds is 6. The first-order valence-electron chi connectivity index (χ1n) is 11.4. The molecule has 0 radical (unpaired) electrons. The predicted molar refractivity (Wildman–Crippen MR) is 133 cm³/mol. The molecule has 1 aliphatic rings. The standard InChI is InChI=1S/C27H27N3O5/c1-18-16-29(17-25(35-18)19-9-5-4-6-10-19)27(32)22-12-8-7-11-21(22)26(31)20-13-14-23(28(2)3)24(15-20)30(33)34/h4-15,18,25H,16-17H2,1-3H3. The van der Waals surface area contributed by atoms with E-state index in [0.29, 0.717) is 18.8 Å². The van der Waals surface area contributed by atoms with Gasteiger partial charge in [-0.05, 0) is 30.7 Å². The van der Waals surface area contributed by atoms with Gasteiger partial charge >= 0.3 is 0 Å². The molecule has 3 aromatic carbocycles. The summed E-state index contributed by atoms with van der Waals surface area (Å²) >= 11 is 0. The monoisotopic (exact) mass is 473 g/mol. The normalized spacial score (nSPS) is 17.6. The van der Waals surface area contributed by atoms with Gasteiger partial charge in [0.05, 0.1) is 23.1 Å². The van der Waals surface area contributed by atoms with Gasteiger partial charge in [-0.2, -0.15) is 0 Å². The Morgan fingerprint density at radius 3 is 2.29 bits per heavy atom. The zero-order valence-corrected chi connectivity index (χ0v) is 19.9. The summed E-state index contributed by atoms with van der Waals surface area (Å²) in [5, 5.41) is 11.6. The summed E-state index contributed by atoms with van der Waals surface area (Å²) in [6.07, 6.45) is -0.449. The molecule has 0 aliphatic carbocycles. The average Bonchev–Trinajstić information content (AvgIpc) is 2.87. The summed E-state index contributed by atoms with van der Waals surface area (Å²) in [4.78, 5) is 41.4. The minimum absolute atomic E-state index is 0.153. The minimum Gasteiger partial charge on any atom is -0.372 e. The Hall–Kier alpha value is -4.04. The Morgan fingerprint density at radius 2 is 1.63 bits per heavy atom. The molecule has 8 heteroatoms. The number of morpholine rings is 1. The summed E-state index contributed by atoms with van der Waals surface area (Å²) in [5.41, 5.74) is 1.83. The molecule has 0 bridgehead atoms. The fraction of sp³-hybridized carbons (Fsp3) is 0.259.